The van der Waals surface area contributed by atoms with E-state index in [0.29, 0.717) is 15.6 Å². The number of thiazole rings is 1. The average Bonchev–Trinajstić information content (AvgIpc) is 3.17. The van der Waals surface area contributed by atoms with E-state index in [1.54, 1.807) is 19.1 Å². The molecular formula is C14H13FN2O4S. The van der Waals surface area contributed by atoms with Crippen LogP contribution in [0.1, 0.15) is 21.8 Å². The van der Waals surface area contributed by atoms with Crippen molar-refractivity contribution in [2.75, 3.05) is 13.1 Å². The molecule has 8 heteroatoms. The first-order valence-corrected chi connectivity index (χ1v) is 7.45. The van der Waals surface area contributed by atoms with E-state index in [-0.39, 0.29) is 18.7 Å². The van der Waals surface area contributed by atoms with Gasteiger partial charge in [0.05, 0.1) is 12.8 Å². The minimum Gasteiger partial charge on any atom is -0.479 e. The van der Waals surface area contributed by atoms with Crippen LogP contribution in [-0.4, -0.2) is 45.6 Å². The van der Waals surface area contributed by atoms with Gasteiger partial charge in [-0.15, -0.1) is 11.3 Å². The molecule has 0 spiro atoms. The van der Waals surface area contributed by atoms with E-state index in [1.807, 2.05) is 0 Å². The zero-order chi connectivity index (χ0) is 15.9. The number of carboxylic acids is 1. The number of nitrogens with zero attached hydrogens (tertiary/aromatic N) is 2. The van der Waals surface area contributed by atoms with Crippen molar-refractivity contribution in [1.29, 1.82) is 0 Å². The molecule has 1 fully saturated rings. The standard InChI is InChI=1S/C14H13FN2O4S/c1-8-10(16-11(22-8)9-3-2-6-21-9)12(18)17-5-4-14(15,7-17)13(19)20/h2-3,6H,4-5,7H2,1H3,(H,19,20). The lowest BCUT2D eigenvalue weighted by molar-refractivity contribution is -0.149. The van der Waals surface area contributed by atoms with Gasteiger partial charge in [0.1, 0.15) is 5.69 Å². The number of likely N-dealkylation sites (tertiary alicyclic amines) is 1. The molecule has 1 unspecified atom stereocenters. The minimum atomic E-state index is -2.37. The quantitative estimate of drug-likeness (QED) is 0.937. The number of hydrogen-bond acceptors (Lipinski definition) is 5. The summed E-state index contributed by atoms with van der Waals surface area (Å²) in [6, 6.07) is 3.46. The van der Waals surface area contributed by atoms with Gasteiger partial charge in [0.15, 0.2) is 10.8 Å². The maximum Gasteiger partial charge on any atom is 0.343 e. The molecule has 1 aliphatic rings. The predicted octanol–water partition coefficient (Wildman–Crippen LogP) is 2.35. The summed E-state index contributed by atoms with van der Waals surface area (Å²) in [5.74, 6) is -1.43. The second kappa shape index (κ2) is 5.20. The van der Waals surface area contributed by atoms with Crippen molar-refractivity contribution in [3.8, 4) is 10.8 Å². The number of furan rings is 1. The van der Waals surface area contributed by atoms with Crippen LogP contribution in [0, 0.1) is 6.92 Å². The van der Waals surface area contributed by atoms with Crippen molar-refractivity contribution in [2.24, 2.45) is 0 Å². The topological polar surface area (TPSA) is 83.6 Å². The average molecular weight is 324 g/mol. The zero-order valence-corrected chi connectivity index (χ0v) is 12.5. The molecular weight excluding hydrogens is 311 g/mol. The van der Waals surface area contributed by atoms with Gasteiger partial charge in [0.2, 0.25) is 5.67 Å². The number of aryl methyl sites for hydroxylation is 1. The molecule has 22 heavy (non-hydrogen) atoms. The maximum atomic E-state index is 14.1. The number of halogens is 1. The lowest BCUT2D eigenvalue weighted by Crippen LogP contribution is -2.39. The fourth-order valence-corrected chi connectivity index (χ4v) is 3.24. The van der Waals surface area contributed by atoms with Gasteiger partial charge in [-0.25, -0.2) is 14.2 Å². The Morgan fingerprint density at radius 2 is 2.32 bits per heavy atom. The fraction of sp³-hybridized carbons (Fsp3) is 0.357. The van der Waals surface area contributed by atoms with Crippen molar-refractivity contribution in [3.63, 3.8) is 0 Å². The van der Waals surface area contributed by atoms with E-state index in [9.17, 15) is 14.0 Å². The summed E-state index contributed by atoms with van der Waals surface area (Å²) in [5.41, 5.74) is -2.16. The van der Waals surface area contributed by atoms with Gasteiger partial charge >= 0.3 is 5.97 Å². The molecule has 0 saturated carbocycles. The Morgan fingerprint density at radius 1 is 1.55 bits per heavy atom. The van der Waals surface area contributed by atoms with Crippen molar-refractivity contribution in [2.45, 2.75) is 19.0 Å². The Labute approximate surface area is 129 Å². The zero-order valence-electron chi connectivity index (χ0n) is 11.7. The molecule has 0 radical (unpaired) electrons. The van der Waals surface area contributed by atoms with E-state index in [4.69, 9.17) is 9.52 Å². The summed E-state index contributed by atoms with van der Waals surface area (Å²) in [6.45, 7) is 1.36. The number of rotatable bonds is 3. The van der Waals surface area contributed by atoms with Crippen LogP contribution in [0.25, 0.3) is 10.8 Å². The molecule has 0 aromatic carbocycles. The van der Waals surface area contributed by atoms with Crippen molar-refractivity contribution in [1.82, 2.24) is 9.88 Å². The first-order chi connectivity index (χ1) is 10.4. The molecule has 0 aliphatic carbocycles. The number of aromatic nitrogens is 1. The number of carbonyl (C=O) groups excluding carboxylic acids is 1. The summed E-state index contributed by atoms with van der Waals surface area (Å²) in [5, 5.41) is 9.45. The Balaban J connectivity index is 1.83. The van der Waals surface area contributed by atoms with Crippen LogP contribution in [0.4, 0.5) is 4.39 Å². The van der Waals surface area contributed by atoms with E-state index in [1.165, 1.54) is 22.5 Å². The maximum absolute atomic E-state index is 14.1. The second-order valence-corrected chi connectivity index (χ2v) is 6.35. The minimum absolute atomic E-state index is 0.0642. The summed E-state index contributed by atoms with van der Waals surface area (Å²) < 4.78 is 19.3. The molecule has 2 aromatic heterocycles. The third-order valence-electron chi connectivity index (χ3n) is 3.62. The summed E-state index contributed by atoms with van der Waals surface area (Å²) in [4.78, 5) is 29.5. The molecule has 1 saturated heterocycles. The number of alkyl halides is 1. The van der Waals surface area contributed by atoms with E-state index < -0.39 is 24.1 Å². The highest BCUT2D eigenvalue weighted by atomic mass is 32.1. The van der Waals surface area contributed by atoms with Gasteiger partial charge in [-0.05, 0) is 19.1 Å². The molecule has 1 amide bonds. The van der Waals surface area contributed by atoms with Crippen molar-refractivity contribution in [3.05, 3.63) is 29.0 Å². The van der Waals surface area contributed by atoms with Gasteiger partial charge in [-0.2, -0.15) is 0 Å². The predicted molar refractivity (Wildman–Crippen MR) is 76.5 cm³/mol. The van der Waals surface area contributed by atoms with Gasteiger partial charge in [0.25, 0.3) is 5.91 Å². The number of aliphatic carboxylic acids is 1. The molecule has 3 heterocycles. The second-order valence-electron chi connectivity index (χ2n) is 5.15. The Bertz CT molecular complexity index is 727. The first-order valence-electron chi connectivity index (χ1n) is 6.63. The van der Waals surface area contributed by atoms with Crippen LogP contribution in [0.2, 0.25) is 0 Å². The molecule has 6 nitrogen and oxygen atoms in total. The third-order valence-corrected chi connectivity index (χ3v) is 4.61. The smallest absolute Gasteiger partial charge is 0.343 e. The highest BCUT2D eigenvalue weighted by molar-refractivity contribution is 7.15. The monoisotopic (exact) mass is 324 g/mol. The van der Waals surface area contributed by atoms with Crippen LogP contribution in [0.5, 0.6) is 0 Å². The van der Waals surface area contributed by atoms with Crippen molar-refractivity contribution < 1.29 is 23.5 Å². The number of hydrogen-bond donors (Lipinski definition) is 1. The number of carboxylic acid groups (broad SMARTS) is 1. The van der Waals surface area contributed by atoms with E-state index in [2.05, 4.69) is 4.98 Å². The summed E-state index contributed by atoms with van der Waals surface area (Å²) >= 11 is 1.30. The molecule has 2 aromatic rings. The van der Waals surface area contributed by atoms with Crippen molar-refractivity contribution >= 4 is 23.2 Å². The molecule has 1 N–H and O–H groups in total. The molecule has 116 valence electrons. The van der Waals surface area contributed by atoms with Crippen LogP contribution in [-0.2, 0) is 4.79 Å². The van der Waals surface area contributed by atoms with Gasteiger partial charge in [-0.3, -0.25) is 4.79 Å². The molecule has 3 rings (SSSR count). The van der Waals surface area contributed by atoms with Crippen LogP contribution in [0.3, 0.4) is 0 Å². The Hall–Kier alpha value is -2.22. The molecule has 1 atom stereocenters. The van der Waals surface area contributed by atoms with Gasteiger partial charge in [-0.1, -0.05) is 0 Å². The Kier molecular flexibility index (Phi) is 3.48. The number of amides is 1. The van der Waals surface area contributed by atoms with Crippen LogP contribution >= 0.6 is 11.3 Å². The molecule has 0 bridgehead atoms. The van der Waals surface area contributed by atoms with Crippen LogP contribution < -0.4 is 0 Å². The SMILES string of the molecule is Cc1sc(-c2ccco2)nc1C(=O)N1CCC(F)(C(=O)O)C1. The fourth-order valence-electron chi connectivity index (χ4n) is 2.37. The lowest BCUT2D eigenvalue weighted by atomic mass is 10.1. The molecule has 1 aliphatic heterocycles. The Morgan fingerprint density at radius 3 is 2.91 bits per heavy atom. The highest BCUT2D eigenvalue weighted by Gasteiger charge is 2.47. The number of carbonyl (C=O) groups is 2. The summed E-state index contributed by atoms with van der Waals surface area (Å²) in [7, 11) is 0. The highest BCUT2D eigenvalue weighted by Crippen LogP contribution is 2.31. The van der Waals surface area contributed by atoms with Crippen LogP contribution in [0.15, 0.2) is 22.8 Å². The van der Waals surface area contributed by atoms with E-state index in [0.717, 1.165) is 0 Å². The lowest BCUT2D eigenvalue weighted by Gasteiger charge is -2.16. The third kappa shape index (κ3) is 2.39. The van der Waals surface area contributed by atoms with Gasteiger partial charge in [0, 0.05) is 17.8 Å². The van der Waals surface area contributed by atoms with Gasteiger partial charge < -0.3 is 14.4 Å². The normalized spacial score (nSPS) is 21.3. The van der Waals surface area contributed by atoms with E-state index >= 15 is 0 Å². The first kappa shape index (κ1) is 14.7. The largest absolute Gasteiger partial charge is 0.479 e. The summed E-state index contributed by atoms with van der Waals surface area (Å²) in [6.07, 6.45) is 1.31.